The van der Waals surface area contributed by atoms with Gasteiger partial charge in [-0.3, -0.25) is 0 Å². The van der Waals surface area contributed by atoms with E-state index in [1.54, 1.807) is 14.2 Å². The summed E-state index contributed by atoms with van der Waals surface area (Å²) < 4.78 is 10.8. The van der Waals surface area contributed by atoms with Crippen LogP contribution in [0.5, 0.6) is 5.75 Å². The number of methoxy groups -OCH3 is 2. The van der Waals surface area contributed by atoms with Gasteiger partial charge in [0.25, 0.3) is 0 Å². The minimum Gasteiger partial charge on any atom is -0.496 e. The number of ether oxygens (including phenoxy) is 2. The molecule has 0 aliphatic rings. The SMILES string of the molecule is COc1ccccc1C(C)NCCC(C)(C)OC. The van der Waals surface area contributed by atoms with Crippen LogP contribution in [-0.4, -0.2) is 26.4 Å². The van der Waals surface area contributed by atoms with Crippen LogP contribution in [0.1, 0.15) is 38.8 Å². The normalized spacial score (nSPS) is 13.4. The van der Waals surface area contributed by atoms with Crippen LogP contribution in [-0.2, 0) is 4.74 Å². The molecule has 1 atom stereocenters. The molecule has 3 nitrogen and oxygen atoms in total. The van der Waals surface area contributed by atoms with E-state index in [2.05, 4.69) is 32.2 Å². The van der Waals surface area contributed by atoms with Gasteiger partial charge in [-0.05, 0) is 39.8 Å². The Morgan fingerprint density at radius 1 is 1.22 bits per heavy atom. The van der Waals surface area contributed by atoms with Crippen molar-refractivity contribution in [2.75, 3.05) is 20.8 Å². The predicted molar refractivity (Wildman–Crippen MR) is 75.1 cm³/mol. The summed E-state index contributed by atoms with van der Waals surface area (Å²) >= 11 is 0. The Balaban J connectivity index is 2.53. The summed E-state index contributed by atoms with van der Waals surface area (Å²) in [6.45, 7) is 7.27. The first-order chi connectivity index (χ1) is 8.50. The number of para-hydroxylation sites is 1. The van der Waals surface area contributed by atoms with E-state index in [1.807, 2.05) is 18.2 Å². The van der Waals surface area contributed by atoms with Crippen LogP contribution in [0.15, 0.2) is 24.3 Å². The highest BCUT2D eigenvalue weighted by Gasteiger charge is 2.17. The Kier molecular flexibility index (Phi) is 5.63. The fourth-order valence-corrected chi connectivity index (χ4v) is 1.83. The quantitative estimate of drug-likeness (QED) is 0.807. The van der Waals surface area contributed by atoms with E-state index < -0.39 is 0 Å². The monoisotopic (exact) mass is 251 g/mol. The van der Waals surface area contributed by atoms with Gasteiger partial charge in [0.15, 0.2) is 0 Å². The molecule has 0 saturated carbocycles. The number of benzene rings is 1. The highest BCUT2D eigenvalue weighted by molar-refractivity contribution is 5.35. The summed E-state index contributed by atoms with van der Waals surface area (Å²) in [5.41, 5.74) is 1.11. The molecule has 1 N–H and O–H groups in total. The molecular weight excluding hydrogens is 226 g/mol. The molecule has 0 spiro atoms. The molecular formula is C15H25NO2. The topological polar surface area (TPSA) is 30.5 Å². The van der Waals surface area contributed by atoms with E-state index in [4.69, 9.17) is 9.47 Å². The van der Waals surface area contributed by atoms with E-state index in [-0.39, 0.29) is 11.6 Å². The van der Waals surface area contributed by atoms with Crippen molar-refractivity contribution in [1.82, 2.24) is 5.32 Å². The molecule has 0 aliphatic carbocycles. The Hall–Kier alpha value is -1.06. The van der Waals surface area contributed by atoms with E-state index in [1.165, 1.54) is 5.56 Å². The molecule has 1 aromatic rings. The first-order valence-corrected chi connectivity index (χ1v) is 6.41. The van der Waals surface area contributed by atoms with Gasteiger partial charge >= 0.3 is 0 Å². The van der Waals surface area contributed by atoms with Crippen molar-refractivity contribution in [3.63, 3.8) is 0 Å². The molecule has 0 fully saturated rings. The highest BCUT2D eigenvalue weighted by atomic mass is 16.5. The Bertz CT molecular complexity index is 363. The fraction of sp³-hybridized carbons (Fsp3) is 0.600. The second kappa shape index (κ2) is 6.76. The van der Waals surface area contributed by atoms with Gasteiger partial charge in [0.1, 0.15) is 5.75 Å². The average molecular weight is 251 g/mol. The van der Waals surface area contributed by atoms with Crippen molar-refractivity contribution >= 4 is 0 Å². The zero-order valence-electron chi connectivity index (χ0n) is 12.1. The lowest BCUT2D eigenvalue weighted by molar-refractivity contribution is 0.0154. The van der Waals surface area contributed by atoms with E-state index in [9.17, 15) is 0 Å². The molecule has 18 heavy (non-hydrogen) atoms. The average Bonchev–Trinajstić information content (AvgIpc) is 2.38. The standard InChI is InChI=1S/C15H25NO2/c1-12(16-11-10-15(2,3)18-5)13-8-6-7-9-14(13)17-4/h6-9,12,16H,10-11H2,1-5H3. The molecule has 102 valence electrons. The van der Waals surface area contributed by atoms with Gasteiger partial charge in [-0.25, -0.2) is 0 Å². The molecule has 1 rings (SSSR count). The lowest BCUT2D eigenvalue weighted by Crippen LogP contribution is -2.30. The Morgan fingerprint density at radius 3 is 2.50 bits per heavy atom. The molecule has 0 saturated heterocycles. The Labute approximate surface area is 110 Å². The summed E-state index contributed by atoms with van der Waals surface area (Å²) in [6.07, 6.45) is 0.975. The van der Waals surface area contributed by atoms with E-state index >= 15 is 0 Å². The molecule has 0 aliphatic heterocycles. The minimum absolute atomic E-state index is 0.0759. The number of rotatable bonds is 7. The summed E-state index contributed by atoms with van der Waals surface area (Å²) in [4.78, 5) is 0. The molecule has 1 aromatic carbocycles. The molecule has 0 heterocycles. The number of hydrogen-bond donors (Lipinski definition) is 1. The zero-order valence-corrected chi connectivity index (χ0v) is 12.1. The molecule has 0 amide bonds. The summed E-state index contributed by atoms with van der Waals surface area (Å²) in [7, 11) is 3.46. The van der Waals surface area contributed by atoms with Crippen LogP contribution in [0.25, 0.3) is 0 Å². The van der Waals surface area contributed by atoms with Crippen LogP contribution in [0.2, 0.25) is 0 Å². The predicted octanol–water partition coefficient (Wildman–Crippen LogP) is 3.16. The van der Waals surface area contributed by atoms with Gasteiger partial charge < -0.3 is 14.8 Å². The first kappa shape index (κ1) is 15.0. The summed E-state index contributed by atoms with van der Waals surface area (Å²) in [5, 5.41) is 3.50. The van der Waals surface area contributed by atoms with Crippen LogP contribution in [0, 0.1) is 0 Å². The smallest absolute Gasteiger partial charge is 0.123 e. The second-order valence-corrected chi connectivity index (χ2v) is 5.13. The molecule has 1 unspecified atom stereocenters. The van der Waals surface area contributed by atoms with Crippen molar-refractivity contribution in [3.05, 3.63) is 29.8 Å². The highest BCUT2D eigenvalue weighted by Crippen LogP contribution is 2.24. The van der Waals surface area contributed by atoms with E-state index in [0.717, 1.165) is 18.7 Å². The van der Waals surface area contributed by atoms with Crippen molar-refractivity contribution in [2.45, 2.75) is 38.8 Å². The van der Waals surface area contributed by atoms with Crippen LogP contribution < -0.4 is 10.1 Å². The van der Waals surface area contributed by atoms with Crippen molar-refractivity contribution in [2.24, 2.45) is 0 Å². The maximum Gasteiger partial charge on any atom is 0.123 e. The number of nitrogens with one attached hydrogen (secondary N) is 1. The molecule has 0 bridgehead atoms. The van der Waals surface area contributed by atoms with E-state index in [0.29, 0.717) is 0 Å². The largest absolute Gasteiger partial charge is 0.496 e. The van der Waals surface area contributed by atoms with Gasteiger partial charge in [-0.2, -0.15) is 0 Å². The zero-order chi connectivity index (χ0) is 13.6. The van der Waals surface area contributed by atoms with Gasteiger partial charge in [0.2, 0.25) is 0 Å². The maximum atomic E-state index is 5.41. The third-order valence-electron chi connectivity index (χ3n) is 3.34. The third kappa shape index (κ3) is 4.31. The van der Waals surface area contributed by atoms with Gasteiger partial charge in [0, 0.05) is 18.7 Å². The number of hydrogen-bond acceptors (Lipinski definition) is 3. The lowest BCUT2D eigenvalue weighted by atomic mass is 10.0. The van der Waals surface area contributed by atoms with Crippen LogP contribution in [0.3, 0.4) is 0 Å². The molecule has 0 aromatic heterocycles. The van der Waals surface area contributed by atoms with Crippen LogP contribution >= 0.6 is 0 Å². The minimum atomic E-state index is -0.0759. The van der Waals surface area contributed by atoms with Gasteiger partial charge in [0.05, 0.1) is 12.7 Å². The summed E-state index contributed by atoms with van der Waals surface area (Å²) in [6, 6.07) is 8.39. The van der Waals surface area contributed by atoms with Gasteiger partial charge in [-0.15, -0.1) is 0 Å². The molecule has 3 heteroatoms. The Morgan fingerprint density at radius 2 is 1.89 bits per heavy atom. The third-order valence-corrected chi connectivity index (χ3v) is 3.34. The second-order valence-electron chi connectivity index (χ2n) is 5.13. The maximum absolute atomic E-state index is 5.41. The van der Waals surface area contributed by atoms with Gasteiger partial charge in [-0.1, -0.05) is 18.2 Å². The van der Waals surface area contributed by atoms with Crippen molar-refractivity contribution < 1.29 is 9.47 Å². The van der Waals surface area contributed by atoms with Crippen molar-refractivity contribution in [3.8, 4) is 5.75 Å². The lowest BCUT2D eigenvalue weighted by Gasteiger charge is -2.24. The van der Waals surface area contributed by atoms with Crippen molar-refractivity contribution in [1.29, 1.82) is 0 Å². The first-order valence-electron chi connectivity index (χ1n) is 6.41. The fourth-order valence-electron chi connectivity index (χ4n) is 1.83. The summed E-state index contributed by atoms with van der Waals surface area (Å²) in [5.74, 6) is 0.934. The van der Waals surface area contributed by atoms with Crippen LogP contribution in [0.4, 0.5) is 0 Å². The molecule has 0 radical (unpaired) electrons.